The van der Waals surface area contributed by atoms with Crippen molar-refractivity contribution in [1.29, 1.82) is 0 Å². The number of urea groups is 1. The third kappa shape index (κ3) is 4.18. The molecule has 8 heteroatoms. The van der Waals surface area contributed by atoms with E-state index in [1.54, 1.807) is 12.7 Å². The molecule has 31 heavy (non-hydrogen) atoms. The quantitative estimate of drug-likeness (QED) is 0.461. The standard InChI is InChI=1S/C23H23N7O/c31-23(28-18-8-2-1-3-9-18)29-19-10-4-6-16(12-19)17-7-5-11-30(13-17)22-20-21(25-14-24-20)26-15-27-22/h1-4,6,8-10,12,14-15,17H,5,7,11,13H2,(H2,28,29,31)(H,24,25,26,27). The van der Waals surface area contributed by atoms with Gasteiger partial charge in [0, 0.05) is 30.4 Å². The first-order chi connectivity index (χ1) is 15.3. The number of nitrogens with zero attached hydrogens (tertiary/aromatic N) is 4. The summed E-state index contributed by atoms with van der Waals surface area (Å²) in [6.07, 6.45) is 5.38. The molecular formula is C23H23N7O. The molecule has 3 N–H and O–H groups in total. The number of fused-ring (bicyclic) bond motifs is 1. The van der Waals surface area contributed by atoms with E-state index in [1.807, 2.05) is 42.5 Å². The summed E-state index contributed by atoms with van der Waals surface area (Å²) < 4.78 is 0. The summed E-state index contributed by atoms with van der Waals surface area (Å²) in [4.78, 5) is 30.8. The predicted octanol–water partition coefficient (Wildman–Crippen LogP) is 4.38. The Balaban J connectivity index is 1.30. The number of H-pyrrole nitrogens is 1. The number of imidazole rings is 1. The summed E-state index contributed by atoms with van der Waals surface area (Å²) in [6.45, 7) is 1.78. The van der Waals surface area contributed by atoms with Crippen LogP contribution >= 0.6 is 0 Å². The second kappa shape index (κ2) is 8.43. The monoisotopic (exact) mass is 413 g/mol. The van der Waals surface area contributed by atoms with Gasteiger partial charge in [-0.25, -0.2) is 19.7 Å². The van der Waals surface area contributed by atoms with Gasteiger partial charge in [-0.05, 0) is 42.7 Å². The van der Waals surface area contributed by atoms with Crippen LogP contribution in [-0.4, -0.2) is 39.1 Å². The molecule has 2 aromatic heterocycles. The Hall–Kier alpha value is -3.94. The second-order valence-electron chi connectivity index (χ2n) is 7.65. The molecule has 156 valence electrons. The van der Waals surface area contributed by atoms with Crippen LogP contribution in [0.5, 0.6) is 0 Å². The van der Waals surface area contributed by atoms with Crippen LogP contribution in [0.2, 0.25) is 0 Å². The highest BCUT2D eigenvalue weighted by molar-refractivity contribution is 5.99. The normalized spacial score (nSPS) is 16.3. The molecule has 2 amide bonds. The van der Waals surface area contributed by atoms with Crippen molar-refractivity contribution in [3.63, 3.8) is 0 Å². The van der Waals surface area contributed by atoms with Crippen molar-refractivity contribution < 1.29 is 4.79 Å². The van der Waals surface area contributed by atoms with Crippen LogP contribution in [0.4, 0.5) is 22.0 Å². The number of carbonyl (C=O) groups is 1. The first-order valence-corrected chi connectivity index (χ1v) is 10.4. The zero-order valence-corrected chi connectivity index (χ0v) is 17.0. The van der Waals surface area contributed by atoms with Gasteiger partial charge in [0.05, 0.1) is 6.33 Å². The number of nitrogens with one attached hydrogen (secondary N) is 3. The van der Waals surface area contributed by atoms with E-state index in [2.05, 4.69) is 47.6 Å². The molecule has 5 rings (SSSR count). The van der Waals surface area contributed by atoms with E-state index in [-0.39, 0.29) is 6.03 Å². The fraction of sp³-hybridized carbons (Fsp3) is 0.217. The fourth-order valence-electron chi connectivity index (χ4n) is 4.11. The highest BCUT2D eigenvalue weighted by Gasteiger charge is 2.24. The minimum absolute atomic E-state index is 0.254. The maximum Gasteiger partial charge on any atom is 0.323 e. The second-order valence-corrected chi connectivity index (χ2v) is 7.65. The van der Waals surface area contributed by atoms with Crippen molar-refractivity contribution in [1.82, 2.24) is 19.9 Å². The molecule has 0 saturated carbocycles. The zero-order valence-electron chi connectivity index (χ0n) is 17.0. The lowest BCUT2D eigenvalue weighted by molar-refractivity contribution is 0.262. The van der Waals surface area contributed by atoms with E-state index in [9.17, 15) is 4.79 Å². The third-order valence-electron chi connectivity index (χ3n) is 5.57. The Kier molecular flexibility index (Phi) is 5.18. The van der Waals surface area contributed by atoms with E-state index in [0.29, 0.717) is 5.92 Å². The predicted molar refractivity (Wildman–Crippen MR) is 121 cm³/mol. The summed E-state index contributed by atoms with van der Waals surface area (Å²) in [5, 5.41) is 5.79. The number of carbonyl (C=O) groups excluding carboxylic acids is 1. The molecule has 1 aliphatic rings. The Morgan fingerprint density at radius 1 is 1.00 bits per heavy atom. The summed E-state index contributed by atoms with van der Waals surface area (Å²) in [6, 6.07) is 17.2. The van der Waals surface area contributed by atoms with Gasteiger partial charge in [-0.2, -0.15) is 0 Å². The lowest BCUT2D eigenvalue weighted by Crippen LogP contribution is -2.35. The molecule has 1 fully saturated rings. The van der Waals surface area contributed by atoms with Crippen LogP contribution in [0.25, 0.3) is 11.2 Å². The van der Waals surface area contributed by atoms with E-state index in [0.717, 1.165) is 54.3 Å². The molecular weight excluding hydrogens is 390 g/mol. The number of hydrogen-bond donors (Lipinski definition) is 3. The van der Waals surface area contributed by atoms with Crippen molar-refractivity contribution in [3.05, 3.63) is 72.8 Å². The maximum absolute atomic E-state index is 12.4. The van der Waals surface area contributed by atoms with Crippen molar-refractivity contribution in [2.45, 2.75) is 18.8 Å². The van der Waals surface area contributed by atoms with Crippen LogP contribution < -0.4 is 15.5 Å². The van der Waals surface area contributed by atoms with Crippen LogP contribution in [-0.2, 0) is 0 Å². The third-order valence-corrected chi connectivity index (χ3v) is 5.57. The Labute approximate surface area is 179 Å². The first-order valence-electron chi connectivity index (χ1n) is 10.4. The lowest BCUT2D eigenvalue weighted by atomic mass is 9.90. The largest absolute Gasteiger partial charge is 0.354 e. The smallest absolute Gasteiger partial charge is 0.323 e. The summed E-state index contributed by atoms with van der Waals surface area (Å²) in [5.41, 5.74) is 4.29. The topological polar surface area (TPSA) is 98.8 Å². The van der Waals surface area contributed by atoms with Crippen molar-refractivity contribution in [3.8, 4) is 0 Å². The van der Waals surface area contributed by atoms with E-state index >= 15 is 0 Å². The Bertz CT molecular complexity index is 1190. The lowest BCUT2D eigenvalue weighted by Gasteiger charge is -2.34. The number of aromatic nitrogens is 4. The molecule has 8 nitrogen and oxygen atoms in total. The number of anilines is 3. The maximum atomic E-state index is 12.4. The number of piperidine rings is 1. The van der Waals surface area contributed by atoms with Crippen LogP contribution in [0.1, 0.15) is 24.3 Å². The average molecular weight is 413 g/mol. The molecule has 1 saturated heterocycles. The van der Waals surface area contributed by atoms with Gasteiger partial charge in [-0.3, -0.25) is 0 Å². The van der Waals surface area contributed by atoms with Gasteiger partial charge >= 0.3 is 6.03 Å². The number of hydrogen-bond acceptors (Lipinski definition) is 5. The molecule has 0 bridgehead atoms. The Morgan fingerprint density at radius 2 is 1.84 bits per heavy atom. The molecule has 1 aliphatic heterocycles. The van der Waals surface area contributed by atoms with Gasteiger partial charge in [-0.1, -0.05) is 30.3 Å². The summed E-state index contributed by atoms with van der Waals surface area (Å²) in [7, 11) is 0. The van der Waals surface area contributed by atoms with Crippen molar-refractivity contribution in [2.75, 3.05) is 28.6 Å². The van der Waals surface area contributed by atoms with Crippen molar-refractivity contribution in [2.24, 2.45) is 0 Å². The minimum Gasteiger partial charge on any atom is -0.354 e. The van der Waals surface area contributed by atoms with Crippen LogP contribution in [0, 0.1) is 0 Å². The molecule has 1 atom stereocenters. The van der Waals surface area contributed by atoms with Gasteiger partial charge in [0.1, 0.15) is 11.8 Å². The van der Waals surface area contributed by atoms with E-state index in [1.165, 1.54) is 5.56 Å². The molecule has 0 spiro atoms. The molecule has 1 unspecified atom stereocenters. The molecule has 2 aromatic carbocycles. The number of amides is 2. The average Bonchev–Trinajstić information content (AvgIpc) is 3.29. The number of para-hydroxylation sites is 1. The van der Waals surface area contributed by atoms with Crippen molar-refractivity contribution >= 4 is 34.4 Å². The first kappa shape index (κ1) is 19.0. The summed E-state index contributed by atoms with van der Waals surface area (Å²) >= 11 is 0. The SMILES string of the molecule is O=C(Nc1ccccc1)Nc1cccc(C2CCCN(c3ncnc4[nH]cnc34)C2)c1. The Morgan fingerprint density at radius 3 is 2.74 bits per heavy atom. The minimum atomic E-state index is -0.254. The molecule has 0 radical (unpaired) electrons. The zero-order chi connectivity index (χ0) is 21.0. The van der Waals surface area contributed by atoms with Gasteiger partial charge in [0.15, 0.2) is 11.5 Å². The van der Waals surface area contributed by atoms with Gasteiger partial charge in [0.2, 0.25) is 0 Å². The van der Waals surface area contributed by atoms with Gasteiger partial charge in [-0.15, -0.1) is 0 Å². The van der Waals surface area contributed by atoms with Gasteiger partial charge < -0.3 is 20.5 Å². The van der Waals surface area contributed by atoms with Gasteiger partial charge in [0.25, 0.3) is 0 Å². The number of benzene rings is 2. The van der Waals surface area contributed by atoms with E-state index in [4.69, 9.17) is 0 Å². The molecule has 0 aliphatic carbocycles. The highest BCUT2D eigenvalue weighted by Crippen LogP contribution is 2.32. The number of aromatic amines is 1. The number of rotatable bonds is 4. The molecule has 4 aromatic rings. The highest BCUT2D eigenvalue weighted by atomic mass is 16.2. The van der Waals surface area contributed by atoms with Crippen LogP contribution in [0.15, 0.2) is 67.3 Å². The van der Waals surface area contributed by atoms with E-state index < -0.39 is 0 Å². The fourth-order valence-corrected chi connectivity index (χ4v) is 4.11. The van der Waals surface area contributed by atoms with Crippen LogP contribution in [0.3, 0.4) is 0 Å². The summed E-state index contributed by atoms with van der Waals surface area (Å²) in [5.74, 6) is 1.21. The molecule has 3 heterocycles.